The lowest BCUT2D eigenvalue weighted by Gasteiger charge is -2.28. The van der Waals surface area contributed by atoms with Crippen molar-refractivity contribution < 1.29 is 14.2 Å². The summed E-state index contributed by atoms with van der Waals surface area (Å²) >= 11 is 3.57. The second-order valence-corrected chi connectivity index (χ2v) is 5.56. The highest BCUT2D eigenvalue weighted by atomic mass is 79.9. The molecule has 0 amide bonds. The molecule has 1 aliphatic rings. The molecule has 106 valence electrons. The molecule has 1 aliphatic heterocycles. The molecule has 1 aromatic rings. The molecule has 0 saturated carbocycles. The van der Waals surface area contributed by atoms with Crippen LogP contribution in [-0.4, -0.2) is 27.4 Å². The minimum absolute atomic E-state index is 0.0157. The van der Waals surface area contributed by atoms with Crippen LogP contribution in [0.4, 0.5) is 0 Å². The fourth-order valence-electron chi connectivity index (χ4n) is 2.45. The Morgan fingerprint density at radius 1 is 1.21 bits per heavy atom. The van der Waals surface area contributed by atoms with E-state index in [-0.39, 0.29) is 6.04 Å². The van der Waals surface area contributed by atoms with E-state index in [2.05, 4.69) is 15.9 Å². The van der Waals surface area contributed by atoms with Gasteiger partial charge in [-0.3, -0.25) is 0 Å². The van der Waals surface area contributed by atoms with Gasteiger partial charge in [0.25, 0.3) is 0 Å². The van der Waals surface area contributed by atoms with Crippen molar-refractivity contribution in [2.24, 2.45) is 11.7 Å². The highest BCUT2D eigenvalue weighted by Gasteiger charge is 2.25. The van der Waals surface area contributed by atoms with Gasteiger partial charge in [0.2, 0.25) is 0 Å². The maximum Gasteiger partial charge on any atom is 0.161 e. The lowest BCUT2D eigenvalue weighted by Crippen LogP contribution is -2.27. The third-order valence-corrected chi connectivity index (χ3v) is 4.32. The van der Waals surface area contributed by atoms with Crippen LogP contribution in [0.1, 0.15) is 24.4 Å². The number of rotatable bonds is 4. The maximum atomic E-state index is 6.40. The number of benzene rings is 1. The first kappa shape index (κ1) is 14.6. The molecule has 5 heteroatoms. The molecule has 0 radical (unpaired) electrons. The molecule has 1 saturated heterocycles. The largest absolute Gasteiger partial charge is 0.493 e. The summed E-state index contributed by atoms with van der Waals surface area (Å²) in [6, 6.07) is 3.86. The summed E-state index contributed by atoms with van der Waals surface area (Å²) in [7, 11) is 3.26. The molecule has 0 bridgehead atoms. The first-order valence-corrected chi connectivity index (χ1v) is 7.21. The van der Waals surface area contributed by atoms with Gasteiger partial charge in [0.15, 0.2) is 11.5 Å². The van der Waals surface area contributed by atoms with Crippen LogP contribution in [-0.2, 0) is 4.74 Å². The highest BCUT2D eigenvalue weighted by Crippen LogP contribution is 2.39. The fraction of sp³-hybridized carbons (Fsp3) is 0.571. The van der Waals surface area contributed by atoms with E-state index < -0.39 is 0 Å². The molecule has 1 aromatic carbocycles. The van der Waals surface area contributed by atoms with Crippen molar-refractivity contribution in [3.05, 3.63) is 22.2 Å². The monoisotopic (exact) mass is 329 g/mol. The van der Waals surface area contributed by atoms with Gasteiger partial charge in [-0.25, -0.2) is 0 Å². The molecule has 1 fully saturated rings. The highest BCUT2D eigenvalue weighted by molar-refractivity contribution is 9.10. The summed E-state index contributed by atoms with van der Waals surface area (Å²) in [6.45, 7) is 1.59. The van der Waals surface area contributed by atoms with Crippen molar-refractivity contribution in [3.8, 4) is 11.5 Å². The van der Waals surface area contributed by atoms with Gasteiger partial charge in [-0.2, -0.15) is 0 Å². The smallest absolute Gasteiger partial charge is 0.161 e. The number of ether oxygens (including phenoxy) is 3. The Morgan fingerprint density at radius 2 is 1.79 bits per heavy atom. The van der Waals surface area contributed by atoms with E-state index in [1.807, 2.05) is 12.1 Å². The van der Waals surface area contributed by atoms with Gasteiger partial charge < -0.3 is 19.9 Å². The van der Waals surface area contributed by atoms with Crippen LogP contribution >= 0.6 is 15.9 Å². The van der Waals surface area contributed by atoms with Gasteiger partial charge in [0.05, 0.1) is 14.2 Å². The second kappa shape index (κ2) is 6.59. The van der Waals surface area contributed by atoms with E-state index in [1.54, 1.807) is 14.2 Å². The molecule has 4 nitrogen and oxygen atoms in total. The van der Waals surface area contributed by atoms with E-state index in [0.717, 1.165) is 36.1 Å². The molecule has 2 rings (SSSR count). The predicted octanol–water partition coefficient (Wildman–Crippen LogP) is 2.89. The Kier molecular flexibility index (Phi) is 5.07. The first-order chi connectivity index (χ1) is 9.17. The normalized spacial score (nSPS) is 18.1. The molecule has 0 aliphatic carbocycles. The summed E-state index contributed by atoms with van der Waals surface area (Å²) in [6.07, 6.45) is 2.00. The van der Waals surface area contributed by atoms with Crippen molar-refractivity contribution in [1.29, 1.82) is 0 Å². The predicted molar refractivity (Wildman–Crippen MR) is 77.7 cm³/mol. The second-order valence-electron chi connectivity index (χ2n) is 4.70. The van der Waals surface area contributed by atoms with Crippen LogP contribution < -0.4 is 15.2 Å². The van der Waals surface area contributed by atoms with Crippen LogP contribution in [0.2, 0.25) is 0 Å². The number of methoxy groups -OCH3 is 2. The Labute approximate surface area is 122 Å². The van der Waals surface area contributed by atoms with Gasteiger partial charge in [-0.1, -0.05) is 15.9 Å². The standard InChI is InChI=1S/C14H20BrNO3/c1-17-12-7-10(11(15)8-13(12)18-2)14(16)9-3-5-19-6-4-9/h7-9,14H,3-6,16H2,1-2H3. The lowest BCUT2D eigenvalue weighted by atomic mass is 9.87. The minimum atomic E-state index is -0.0157. The van der Waals surface area contributed by atoms with Gasteiger partial charge in [0.1, 0.15) is 0 Å². The Hall–Kier alpha value is -0.780. The van der Waals surface area contributed by atoms with Crippen molar-refractivity contribution in [2.45, 2.75) is 18.9 Å². The summed E-state index contributed by atoms with van der Waals surface area (Å²) in [5, 5.41) is 0. The molecule has 1 heterocycles. The van der Waals surface area contributed by atoms with Gasteiger partial charge in [0, 0.05) is 23.7 Å². The Morgan fingerprint density at radius 3 is 2.37 bits per heavy atom. The zero-order valence-electron chi connectivity index (χ0n) is 11.3. The Balaban J connectivity index is 2.27. The number of nitrogens with two attached hydrogens (primary N) is 1. The molecule has 0 spiro atoms. The topological polar surface area (TPSA) is 53.7 Å². The van der Waals surface area contributed by atoms with E-state index in [9.17, 15) is 0 Å². The minimum Gasteiger partial charge on any atom is -0.493 e. The van der Waals surface area contributed by atoms with Crippen molar-refractivity contribution in [1.82, 2.24) is 0 Å². The lowest BCUT2D eigenvalue weighted by molar-refractivity contribution is 0.0583. The number of hydrogen-bond acceptors (Lipinski definition) is 4. The van der Waals surface area contributed by atoms with Crippen molar-refractivity contribution >= 4 is 15.9 Å². The maximum absolute atomic E-state index is 6.40. The molecular formula is C14H20BrNO3. The number of hydrogen-bond donors (Lipinski definition) is 1. The van der Waals surface area contributed by atoms with Gasteiger partial charge in [-0.05, 0) is 36.5 Å². The molecule has 1 atom stereocenters. The van der Waals surface area contributed by atoms with Crippen LogP contribution in [0, 0.1) is 5.92 Å². The number of halogens is 1. The zero-order valence-corrected chi connectivity index (χ0v) is 12.9. The SMILES string of the molecule is COc1cc(Br)c(C(N)C2CCOCC2)cc1OC. The summed E-state index contributed by atoms with van der Waals surface area (Å²) in [5.41, 5.74) is 7.46. The Bertz CT molecular complexity index is 433. The van der Waals surface area contributed by atoms with Gasteiger partial charge >= 0.3 is 0 Å². The van der Waals surface area contributed by atoms with E-state index >= 15 is 0 Å². The van der Waals surface area contributed by atoms with E-state index in [0.29, 0.717) is 17.4 Å². The quantitative estimate of drug-likeness (QED) is 0.922. The molecule has 0 aromatic heterocycles. The van der Waals surface area contributed by atoms with E-state index in [4.69, 9.17) is 19.9 Å². The van der Waals surface area contributed by atoms with Crippen LogP contribution in [0.15, 0.2) is 16.6 Å². The van der Waals surface area contributed by atoms with E-state index in [1.165, 1.54) is 0 Å². The van der Waals surface area contributed by atoms with Crippen LogP contribution in [0.5, 0.6) is 11.5 Å². The van der Waals surface area contributed by atoms with Crippen molar-refractivity contribution in [3.63, 3.8) is 0 Å². The van der Waals surface area contributed by atoms with Crippen molar-refractivity contribution in [2.75, 3.05) is 27.4 Å². The van der Waals surface area contributed by atoms with Crippen LogP contribution in [0.25, 0.3) is 0 Å². The fourth-order valence-corrected chi connectivity index (χ4v) is 3.04. The summed E-state index contributed by atoms with van der Waals surface area (Å²) in [5.74, 6) is 1.86. The average molecular weight is 330 g/mol. The van der Waals surface area contributed by atoms with Crippen LogP contribution in [0.3, 0.4) is 0 Å². The third kappa shape index (κ3) is 3.22. The molecular weight excluding hydrogens is 310 g/mol. The average Bonchev–Trinajstić information content (AvgIpc) is 2.47. The summed E-state index contributed by atoms with van der Waals surface area (Å²) in [4.78, 5) is 0. The molecule has 1 unspecified atom stereocenters. The summed E-state index contributed by atoms with van der Waals surface area (Å²) < 4.78 is 17.0. The third-order valence-electron chi connectivity index (χ3n) is 3.64. The zero-order chi connectivity index (χ0) is 13.8. The first-order valence-electron chi connectivity index (χ1n) is 6.42. The molecule has 2 N–H and O–H groups in total. The van der Waals surface area contributed by atoms with Gasteiger partial charge in [-0.15, -0.1) is 0 Å². The molecule has 19 heavy (non-hydrogen) atoms.